The minimum absolute atomic E-state index is 0. The summed E-state index contributed by atoms with van der Waals surface area (Å²) in [5.74, 6) is -4.18. The third-order valence-corrected chi connectivity index (χ3v) is 1.20. The molecule has 0 saturated heterocycles. The van der Waals surface area contributed by atoms with Gasteiger partial charge in [-0.1, -0.05) is 0 Å². The van der Waals surface area contributed by atoms with Crippen LogP contribution in [-0.2, 0) is 24.1 Å². The molecule has 16 N–H and O–H groups in total. The van der Waals surface area contributed by atoms with E-state index in [1.165, 1.54) is 0 Å². The summed E-state index contributed by atoms with van der Waals surface area (Å²) < 4.78 is 0. The quantitative estimate of drug-likeness (QED) is 0.192. The van der Waals surface area contributed by atoms with E-state index in [-0.39, 0.29) is 88.1 Å². The van der Waals surface area contributed by atoms with Crippen molar-refractivity contribution in [3.63, 3.8) is 0 Å². The standard InChI is InChI=1S/C4H6O5.C4H6O4.Na.6H2O.H/c5-3(6)1-2-4(7)9-8;5-3(6)1-2-4(7)8;;;;;;;;/h8H,1-2H2,(H,5,6);1-2H2,(H,5,6)(H,7,8);;6*1H2;. The van der Waals surface area contributed by atoms with E-state index in [2.05, 4.69) is 4.89 Å². The zero-order valence-corrected chi connectivity index (χ0v) is 11.7. The first-order valence-electron chi connectivity index (χ1n) is 4.29. The number of rotatable bonds is 6. The van der Waals surface area contributed by atoms with Crippen molar-refractivity contribution in [2.45, 2.75) is 25.7 Å². The molecule has 0 aromatic heterocycles. The zero-order chi connectivity index (χ0) is 13.8. The van der Waals surface area contributed by atoms with Crippen molar-refractivity contribution in [3.8, 4) is 0 Å². The fourth-order valence-corrected chi connectivity index (χ4v) is 0.469. The van der Waals surface area contributed by atoms with Crippen LogP contribution < -0.4 is 0 Å². The van der Waals surface area contributed by atoms with Crippen LogP contribution in [0, 0.1) is 0 Å². The number of hydrogen-bond donors (Lipinski definition) is 4. The van der Waals surface area contributed by atoms with Gasteiger partial charge in [0, 0.05) is 0 Å². The van der Waals surface area contributed by atoms with Gasteiger partial charge in [0.2, 0.25) is 0 Å². The third-order valence-electron chi connectivity index (χ3n) is 1.20. The van der Waals surface area contributed by atoms with Gasteiger partial charge in [-0.05, 0) is 0 Å². The Kier molecular flexibility index (Phi) is 89.5. The van der Waals surface area contributed by atoms with Gasteiger partial charge < -0.3 is 53.1 Å². The Labute approximate surface area is 156 Å². The average Bonchev–Trinajstić information content (AvgIpc) is 2.23. The molecular formula is C8H25NaO15. The fourth-order valence-electron chi connectivity index (χ4n) is 0.469. The van der Waals surface area contributed by atoms with Gasteiger partial charge in [-0.3, -0.25) is 14.4 Å². The molecule has 16 heteroatoms. The van der Waals surface area contributed by atoms with Crippen LogP contribution >= 0.6 is 0 Å². The van der Waals surface area contributed by atoms with E-state index in [0.29, 0.717) is 0 Å². The van der Waals surface area contributed by atoms with Crippen LogP contribution in [0.2, 0.25) is 0 Å². The molecule has 0 aliphatic rings. The molecule has 24 heavy (non-hydrogen) atoms. The fraction of sp³-hybridized carbons (Fsp3) is 0.500. The maximum atomic E-state index is 9.98. The third kappa shape index (κ3) is 70.4. The van der Waals surface area contributed by atoms with E-state index in [1.54, 1.807) is 0 Å². The zero-order valence-electron chi connectivity index (χ0n) is 11.7. The van der Waals surface area contributed by atoms with E-state index in [9.17, 15) is 19.2 Å². The molecule has 0 spiro atoms. The molecular weight excluding hydrogens is 359 g/mol. The number of carboxylic acids is 3. The van der Waals surface area contributed by atoms with Crippen LogP contribution in [0.25, 0.3) is 0 Å². The molecule has 0 aromatic rings. The van der Waals surface area contributed by atoms with Crippen LogP contribution in [0.3, 0.4) is 0 Å². The molecule has 0 bridgehead atoms. The average molecular weight is 384 g/mol. The topological polar surface area (TPSA) is 347 Å². The van der Waals surface area contributed by atoms with Gasteiger partial charge in [0.1, 0.15) is 0 Å². The van der Waals surface area contributed by atoms with E-state index >= 15 is 0 Å². The number of carbonyl (C=O) groups is 4. The van der Waals surface area contributed by atoms with Gasteiger partial charge in [-0.2, -0.15) is 5.26 Å². The van der Waals surface area contributed by atoms with Crippen molar-refractivity contribution in [2.24, 2.45) is 0 Å². The molecule has 0 aromatic carbocycles. The van der Waals surface area contributed by atoms with E-state index < -0.39 is 23.9 Å². The van der Waals surface area contributed by atoms with Crippen LogP contribution in [0.4, 0.5) is 0 Å². The molecule has 0 radical (unpaired) electrons. The molecule has 0 atom stereocenters. The van der Waals surface area contributed by atoms with Crippen molar-refractivity contribution < 1.29 is 77.5 Å². The van der Waals surface area contributed by atoms with Gasteiger partial charge in [-0.25, -0.2) is 4.79 Å². The van der Waals surface area contributed by atoms with Gasteiger partial charge >= 0.3 is 53.4 Å². The van der Waals surface area contributed by atoms with E-state index in [4.69, 9.17) is 20.6 Å². The maximum absolute atomic E-state index is 9.98. The summed E-state index contributed by atoms with van der Waals surface area (Å²) in [5, 5.41) is 31.4. The predicted octanol–water partition coefficient (Wildman–Crippen LogP) is -5.79. The van der Waals surface area contributed by atoms with Gasteiger partial charge in [0.05, 0.1) is 25.7 Å². The minimum atomic E-state index is -1.10. The van der Waals surface area contributed by atoms with Crippen molar-refractivity contribution in [2.75, 3.05) is 0 Å². The van der Waals surface area contributed by atoms with Crippen LogP contribution in [0.15, 0.2) is 0 Å². The Bertz CT molecular complexity index is 279. The summed E-state index contributed by atoms with van der Waals surface area (Å²) in [7, 11) is 0. The summed E-state index contributed by atoms with van der Waals surface area (Å²) in [6.45, 7) is 0. The van der Waals surface area contributed by atoms with Crippen LogP contribution in [0.5, 0.6) is 0 Å². The van der Waals surface area contributed by atoms with Crippen molar-refractivity contribution in [1.82, 2.24) is 0 Å². The molecule has 0 saturated carbocycles. The summed E-state index contributed by atoms with van der Waals surface area (Å²) in [5.41, 5.74) is 0. The molecule has 0 aliphatic heterocycles. The molecule has 0 unspecified atom stereocenters. The summed E-state index contributed by atoms with van der Waals surface area (Å²) in [6.07, 6.45) is -1.21. The normalized spacial score (nSPS) is 6.04. The summed E-state index contributed by atoms with van der Waals surface area (Å²) in [6, 6.07) is 0. The Morgan fingerprint density at radius 2 is 0.792 bits per heavy atom. The second kappa shape index (κ2) is 37.7. The monoisotopic (exact) mass is 384 g/mol. The van der Waals surface area contributed by atoms with E-state index in [1.807, 2.05) is 0 Å². The van der Waals surface area contributed by atoms with Crippen molar-refractivity contribution >= 4 is 53.4 Å². The molecule has 15 nitrogen and oxygen atoms in total. The molecule has 0 heterocycles. The van der Waals surface area contributed by atoms with Crippen LogP contribution in [0.1, 0.15) is 25.7 Å². The number of aliphatic carboxylic acids is 3. The molecule has 0 rings (SSSR count). The number of hydrogen-bond acceptors (Lipinski definition) is 6. The Morgan fingerprint density at radius 3 is 0.958 bits per heavy atom. The summed E-state index contributed by atoms with van der Waals surface area (Å²) >= 11 is 0. The Balaban J connectivity index is -0.0000000208. The number of carbonyl (C=O) groups excluding carboxylic acids is 1. The van der Waals surface area contributed by atoms with Crippen LogP contribution in [-0.4, -0.2) is 107 Å². The van der Waals surface area contributed by atoms with Gasteiger partial charge in [0.25, 0.3) is 0 Å². The van der Waals surface area contributed by atoms with Crippen molar-refractivity contribution in [1.29, 1.82) is 0 Å². The van der Waals surface area contributed by atoms with Gasteiger partial charge in [0.15, 0.2) is 0 Å². The second-order valence-corrected chi connectivity index (χ2v) is 2.64. The first kappa shape index (κ1) is 57.0. The van der Waals surface area contributed by atoms with Gasteiger partial charge in [-0.15, -0.1) is 0 Å². The first-order valence-corrected chi connectivity index (χ1v) is 4.29. The molecule has 0 amide bonds. The molecule has 0 fully saturated rings. The number of carboxylic acid groups (broad SMARTS) is 3. The Morgan fingerprint density at radius 1 is 0.583 bits per heavy atom. The van der Waals surface area contributed by atoms with E-state index in [0.717, 1.165) is 0 Å². The predicted molar refractivity (Wildman–Crippen MR) is 78.9 cm³/mol. The SMILES string of the molecule is O.O.O.O.O.O.O=C(O)CCC(=O)O.O=C(O)CCC(=O)OO.[NaH]. The first-order chi connectivity index (χ1) is 7.79. The molecule has 148 valence electrons. The van der Waals surface area contributed by atoms with Crippen molar-refractivity contribution in [3.05, 3.63) is 0 Å². The summed E-state index contributed by atoms with van der Waals surface area (Å²) in [4.78, 5) is 42.2. The second-order valence-electron chi connectivity index (χ2n) is 2.64. The molecule has 0 aliphatic carbocycles. The Hall–Kier alpha value is -1.40.